The summed E-state index contributed by atoms with van der Waals surface area (Å²) in [6.07, 6.45) is 0. The van der Waals surface area contributed by atoms with Crippen molar-refractivity contribution in [1.29, 1.82) is 0 Å². The van der Waals surface area contributed by atoms with Crippen molar-refractivity contribution in [2.45, 2.75) is 6.54 Å². The summed E-state index contributed by atoms with van der Waals surface area (Å²) < 4.78 is 7.39. The van der Waals surface area contributed by atoms with Gasteiger partial charge in [-0.15, -0.1) is 0 Å². The molecule has 6 nitrogen and oxygen atoms in total. The lowest BCUT2D eigenvalue weighted by Crippen LogP contribution is -2.28. The summed E-state index contributed by atoms with van der Waals surface area (Å²) >= 11 is 3.50. The highest BCUT2D eigenvalue weighted by atomic mass is 79.9. The molecule has 0 saturated carbocycles. The molecule has 1 aromatic heterocycles. The number of fused-ring (bicyclic) bond motifs is 1. The maximum atomic E-state index is 13.7. The molecule has 1 amide bonds. The zero-order valence-electron chi connectivity index (χ0n) is 20.5. The van der Waals surface area contributed by atoms with Gasteiger partial charge in [-0.25, -0.2) is 4.79 Å². The second-order valence-corrected chi connectivity index (χ2v) is 9.60. The summed E-state index contributed by atoms with van der Waals surface area (Å²) in [6.45, 7) is 0.121. The molecule has 188 valence electrons. The Labute approximate surface area is 227 Å². The molecule has 0 aliphatic carbocycles. The molecule has 0 aliphatic heterocycles. The average molecular weight is 567 g/mol. The van der Waals surface area contributed by atoms with E-state index in [1.807, 2.05) is 66.7 Å². The molecular weight excluding hydrogens is 544 g/mol. The number of ether oxygens (including phenoxy) is 1. The van der Waals surface area contributed by atoms with E-state index >= 15 is 0 Å². The smallest absolute Gasteiger partial charge is 0.355 e. The van der Waals surface area contributed by atoms with Crippen molar-refractivity contribution in [2.75, 3.05) is 12.4 Å². The number of halogens is 1. The van der Waals surface area contributed by atoms with Gasteiger partial charge in [0.05, 0.1) is 13.7 Å². The number of rotatable bonds is 6. The van der Waals surface area contributed by atoms with Crippen LogP contribution in [0.1, 0.15) is 26.4 Å². The number of methoxy groups -OCH3 is 1. The van der Waals surface area contributed by atoms with Gasteiger partial charge in [0, 0.05) is 26.7 Å². The number of nitrogens with one attached hydrogen (secondary N) is 1. The number of pyridine rings is 1. The average Bonchev–Trinajstić information content (AvgIpc) is 2.95. The maximum Gasteiger partial charge on any atom is 0.355 e. The Morgan fingerprint density at radius 3 is 2.16 bits per heavy atom. The number of hydrogen-bond donors (Lipinski definition) is 1. The van der Waals surface area contributed by atoms with Gasteiger partial charge in [-0.2, -0.15) is 0 Å². The molecule has 5 aromatic rings. The van der Waals surface area contributed by atoms with Crippen LogP contribution in [0.5, 0.6) is 0 Å². The third kappa shape index (κ3) is 5.01. The van der Waals surface area contributed by atoms with Gasteiger partial charge in [0.2, 0.25) is 0 Å². The molecule has 5 rings (SSSR count). The molecule has 0 spiro atoms. The molecule has 0 bridgehead atoms. The highest BCUT2D eigenvalue weighted by molar-refractivity contribution is 9.10. The Morgan fingerprint density at radius 2 is 1.50 bits per heavy atom. The fourth-order valence-electron chi connectivity index (χ4n) is 4.44. The van der Waals surface area contributed by atoms with Crippen molar-refractivity contribution in [2.24, 2.45) is 0 Å². The maximum absolute atomic E-state index is 13.7. The van der Waals surface area contributed by atoms with Crippen LogP contribution in [-0.2, 0) is 11.3 Å². The molecule has 0 aliphatic rings. The standard InChI is InChI=1S/C31H23BrN2O4/c1-38-31(37)28-27(21-8-4-2-5-9-21)26-18-23(32)16-17-25(26)30(36)34(28)19-20-12-14-22(15-13-20)29(35)33-24-10-6-3-7-11-24/h2-18H,19H2,1H3,(H,33,35). The minimum absolute atomic E-state index is 0.121. The Kier molecular flexibility index (Phi) is 7.20. The number of carbonyl (C=O) groups is 2. The Morgan fingerprint density at radius 1 is 0.842 bits per heavy atom. The number of carbonyl (C=O) groups excluding carboxylic acids is 2. The second kappa shape index (κ2) is 10.9. The highest BCUT2D eigenvalue weighted by Crippen LogP contribution is 2.33. The van der Waals surface area contributed by atoms with Crippen molar-refractivity contribution < 1.29 is 14.3 Å². The lowest BCUT2D eigenvalue weighted by molar-refractivity contribution is 0.0588. The lowest BCUT2D eigenvalue weighted by atomic mass is 9.96. The van der Waals surface area contributed by atoms with E-state index in [4.69, 9.17) is 4.74 Å². The number of benzene rings is 4. The van der Waals surface area contributed by atoms with Crippen molar-refractivity contribution in [1.82, 2.24) is 4.57 Å². The van der Waals surface area contributed by atoms with Crippen molar-refractivity contribution in [3.8, 4) is 11.1 Å². The molecule has 0 unspecified atom stereocenters. The van der Waals surface area contributed by atoms with Crippen LogP contribution in [0.3, 0.4) is 0 Å². The van der Waals surface area contributed by atoms with E-state index in [0.29, 0.717) is 27.6 Å². The molecule has 7 heteroatoms. The first-order chi connectivity index (χ1) is 18.5. The number of aromatic nitrogens is 1. The largest absolute Gasteiger partial charge is 0.464 e. The third-order valence-electron chi connectivity index (χ3n) is 6.26. The summed E-state index contributed by atoms with van der Waals surface area (Å²) in [5.74, 6) is -0.848. The van der Waals surface area contributed by atoms with E-state index < -0.39 is 5.97 Å². The Hall–Kier alpha value is -4.49. The Bertz CT molecular complexity index is 1700. The van der Waals surface area contributed by atoms with Crippen molar-refractivity contribution >= 4 is 44.3 Å². The topological polar surface area (TPSA) is 77.4 Å². The van der Waals surface area contributed by atoms with Crippen LogP contribution < -0.4 is 10.9 Å². The van der Waals surface area contributed by atoms with Crippen molar-refractivity contribution in [3.63, 3.8) is 0 Å². The fraction of sp³-hybridized carbons (Fsp3) is 0.0645. The molecule has 0 saturated heterocycles. The number of nitrogens with zero attached hydrogens (tertiary/aromatic N) is 1. The molecular formula is C31H23BrN2O4. The normalized spacial score (nSPS) is 10.8. The van der Waals surface area contributed by atoms with E-state index in [1.165, 1.54) is 11.7 Å². The van der Waals surface area contributed by atoms with Crippen molar-refractivity contribution in [3.05, 3.63) is 135 Å². The predicted molar refractivity (Wildman–Crippen MR) is 153 cm³/mol. The van der Waals surface area contributed by atoms with Gasteiger partial charge >= 0.3 is 5.97 Å². The van der Waals surface area contributed by atoms with Gasteiger partial charge < -0.3 is 10.1 Å². The zero-order chi connectivity index (χ0) is 26.6. The molecule has 1 N–H and O–H groups in total. The van der Waals surface area contributed by atoms with E-state index in [0.717, 1.165) is 15.6 Å². The number of amides is 1. The monoisotopic (exact) mass is 566 g/mol. The van der Waals surface area contributed by atoms with Crippen LogP contribution >= 0.6 is 15.9 Å². The second-order valence-electron chi connectivity index (χ2n) is 8.68. The first kappa shape index (κ1) is 25.2. The predicted octanol–water partition coefficient (Wildman–Crippen LogP) is 6.52. The minimum Gasteiger partial charge on any atom is -0.464 e. The van der Waals surface area contributed by atoms with Crippen LogP contribution in [-0.4, -0.2) is 23.6 Å². The van der Waals surface area contributed by atoms with Crippen LogP contribution in [0.15, 0.2) is 112 Å². The zero-order valence-corrected chi connectivity index (χ0v) is 22.1. The summed E-state index contributed by atoms with van der Waals surface area (Å²) in [5.41, 5.74) is 3.20. The minimum atomic E-state index is -0.610. The summed E-state index contributed by atoms with van der Waals surface area (Å²) in [5, 5.41) is 4.00. The summed E-state index contributed by atoms with van der Waals surface area (Å²) in [6, 6.07) is 31.0. The molecule has 0 radical (unpaired) electrons. The van der Waals surface area contributed by atoms with Gasteiger partial charge in [-0.05, 0) is 59.0 Å². The summed E-state index contributed by atoms with van der Waals surface area (Å²) in [4.78, 5) is 39.6. The molecule has 1 heterocycles. The molecule has 0 atom stereocenters. The van der Waals surface area contributed by atoms with Gasteiger partial charge in [0.25, 0.3) is 11.5 Å². The summed E-state index contributed by atoms with van der Waals surface area (Å²) in [7, 11) is 1.30. The number of esters is 1. The van der Waals surface area contributed by atoms with Gasteiger partial charge in [0.1, 0.15) is 5.69 Å². The first-order valence-corrected chi connectivity index (χ1v) is 12.7. The Balaban J connectivity index is 1.60. The first-order valence-electron chi connectivity index (χ1n) is 11.9. The SMILES string of the molecule is COC(=O)c1c(-c2ccccc2)c2cc(Br)ccc2c(=O)n1Cc1ccc(C(=O)Nc2ccccc2)cc1. The van der Waals surface area contributed by atoms with E-state index in [1.54, 1.807) is 36.4 Å². The van der Waals surface area contributed by atoms with E-state index in [-0.39, 0.29) is 23.7 Å². The van der Waals surface area contributed by atoms with Gasteiger partial charge in [-0.3, -0.25) is 14.2 Å². The van der Waals surface area contributed by atoms with Crippen LogP contribution in [0.25, 0.3) is 21.9 Å². The van der Waals surface area contributed by atoms with Crippen LogP contribution in [0, 0.1) is 0 Å². The molecule has 4 aromatic carbocycles. The van der Waals surface area contributed by atoms with Gasteiger partial charge in [-0.1, -0.05) is 76.6 Å². The number of para-hydroxylation sites is 1. The van der Waals surface area contributed by atoms with Gasteiger partial charge in [0.15, 0.2) is 0 Å². The highest BCUT2D eigenvalue weighted by Gasteiger charge is 2.24. The molecule has 0 fully saturated rings. The third-order valence-corrected chi connectivity index (χ3v) is 6.76. The van der Waals surface area contributed by atoms with Crippen LogP contribution in [0.2, 0.25) is 0 Å². The number of anilines is 1. The fourth-order valence-corrected chi connectivity index (χ4v) is 4.81. The number of hydrogen-bond acceptors (Lipinski definition) is 4. The lowest BCUT2D eigenvalue weighted by Gasteiger charge is -2.19. The van der Waals surface area contributed by atoms with E-state index in [2.05, 4.69) is 21.2 Å². The van der Waals surface area contributed by atoms with E-state index in [9.17, 15) is 14.4 Å². The molecule has 38 heavy (non-hydrogen) atoms. The quantitative estimate of drug-likeness (QED) is 0.237. The van der Waals surface area contributed by atoms with Crippen LogP contribution in [0.4, 0.5) is 5.69 Å².